The lowest BCUT2D eigenvalue weighted by Crippen LogP contribution is -2.43. The molecule has 3 atom stereocenters. The van der Waals surface area contributed by atoms with Crippen LogP contribution in [-0.4, -0.2) is 42.4 Å². The van der Waals surface area contributed by atoms with Crippen molar-refractivity contribution in [3.8, 4) is 0 Å². The van der Waals surface area contributed by atoms with Crippen molar-refractivity contribution >= 4 is 21.8 Å². The summed E-state index contributed by atoms with van der Waals surface area (Å²) in [6, 6.07) is 21.0. The van der Waals surface area contributed by atoms with Crippen LogP contribution < -0.4 is 4.31 Å². The van der Waals surface area contributed by atoms with E-state index in [0.717, 1.165) is 11.8 Å². The molecule has 0 radical (unpaired) electrons. The maximum Gasteiger partial charge on any atom is 0.411 e. The molecule has 4 rings (SSSR count). The van der Waals surface area contributed by atoms with Crippen LogP contribution in [0, 0.1) is 5.82 Å². The van der Waals surface area contributed by atoms with Gasteiger partial charge in [-0.2, -0.15) is 0 Å². The normalized spacial score (nSPS) is 18.6. The minimum Gasteiger partial charge on any atom is -0.444 e. The first-order chi connectivity index (χ1) is 18.3. The zero-order valence-corrected chi connectivity index (χ0v) is 23.4. The van der Waals surface area contributed by atoms with Gasteiger partial charge >= 0.3 is 6.09 Å². The first-order valence-electron chi connectivity index (χ1n) is 12.9. The highest BCUT2D eigenvalue weighted by Crippen LogP contribution is 2.43. The van der Waals surface area contributed by atoms with E-state index in [-0.39, 0.29) is 6.54 Å². The minimum atomic E-state index is -3.62. The molecule has 7 nitrogen and oxygen atoms in total. The highest BCUT2D eigenvalue weighted by Gasteiger charge is 2.44. The van der Waals surface area contributed by atoms with Gasteiger partial charge in [0.25, 0.3) is 0 Å². The number of aliphatic hydroxyl groups is 1. The molecule has 3 aromatic rings. The Morgan fingerprint density at radius 1 is 1.05 bits per heavy atom. The van der Waals surface area contributed by atoms with Crippen molar-refractivity contribution in [2.75, 3.05) is 10.6 Å². The topological polar surface area (TPSA) is 87.2 Å². The Hall–Kier alpha value is -3.43. The Balaban J connectivity index is 1.71. The van der Waals surface area contributed by atoms with Gasteiger partial charge in [-0.05, 0) is 74.6 Å². The van der Waals surface area contributed by atoms with Gasteiger partial charge in [-0.1, -0.05) is 54.6 Å². The first kappa shape index (κ1) is 28.6. The summed E-state index contributed by atoms with van der Waals surface area (Å²) in [5.74, 6) is -0.475. The van der Waals surface area contributed by atoms with E-state index in [2.05, 4.69) is 0 Å². The lowest BCUT2D eigenvalue weighted by atomic mass is 10.0. The van der Waals surface area contributed by atoms with Crippen LogP contribution in [0.5, 0.6) is 0 Å². The number of carbonyl (C=O) groups excluding carboxylic acids is 1. The number of aliphatic hydroxyl groups excluding tert-OH is 1. The van der Waals surface area contributed by atoms with Crippen LogP contribution in [0.15, 0.2) is 78.9 Å². The zero-order valence-electron chi connectivity index (χ0n) is 22.6. The summed E-state index contributed by atoms with van der Waals surface area (Å²) in [6.45, 7) is 5.46. The van der Waals surface area contributed by atoms with E-state index in [9.17, 15) is 22.7 Å². The predicted molar refractivity (Wildman–Crippen MR) is 149 cm³/mol. The standard InChI is InChI=1S/C30H35FN2O5S/c1-30(2,3)38-29(35)33-26(16-17-27(33)28(34)23-13-8-14-24(31)18-23)22-12-9-15-25(19-22)32(39(4,36)37)20-21-10-6-5-7-11-21/h5-15,18-19,26-28,34H,16-17,20H2,1-4H3/t26-,27+,28+/m0/s1. The smallest absolute Gasteiger partial charge is 0.411 e. The van der Waals surface area contributed by atoms with Crippen molar-refractivity contribution in [1.82, 2.24) is 4.90 Å². The fourth-order valence-electron chi connectivity index (χ4n) is 5.00. The van der Waals surface area contributed by atoms with Gasteiger partial charge in [0.05, 0.1) is 36.7 Å². The van der Waals surface area contributed by atoms with Crippen LogP contribution in [0.1, 0.15) is 62.4 Å². The third-order valence-corrected chi connectivity index (χ3v) is 7.84. The lowest BCUT2D eigenvalue weighted by molar-refractivity contribution is -0.00494. The van der Waals surface area contributed by atoms with Crippen molar-refractivity contribution in [2.45, 2.75) is 63.9 Å². The average Bonchev–Trinajstić information content (AvgIpc) is 3.31. The number of likely N-dealkylation sites (tertiary alicyclic amines) is 1. The highest BCUT2D eigenvalue weighted by atomic mass is 32.2. The third kappa shape index (κ3) is 6.96. The van der Waals surface area contributed by atoms with E-state index >= 15 is 0 Å². The number of hydrogen-bond acceptors (Lipinski definition) is 5. The number of benzene rings is 3. The number of amides is 1. The van der Waals surface area contributed by atoms with Gasteiger partial charge in [0.1, 0.15) is 11.4 Å². The average molecular weight is 555 g/mol. The van der Waals surface area contributed by atoms with Crippen molar-refractivity contribution in [3.05, 3.63) is 101 Å². The molecule has 3 aromatic carbocycles. The number of sulfonamides is 1. The van der Waals surface area contributed by atoms with Crippen LogP contribution in [0.25, 0.3) is 0 Å². The summed E-state index contributed by atoms with van der Waals surface area (Å²) in [5, 5.41) is 11.2. The maximum absolute atomic E-state index is 13.9. The largest absolute Gasteiger partial charge is 0.444 e. The number of nitrogens with zero attached hydrogens (tertiary/aromatic N) is 2. The van der Waals surface area contributed by atoms with E-state index in [1.807, 2.05) is 36.4 Å². The van der Waals surface area contributed by atoms with Crippen molar-refractivity contribution < 1.29 is 27.4 Å². The summed E-state index contributed by atoms with van der Waals surface area (Å²) in [5.41, 5.74) is 1.62. The Kier molecular flexibility index (Phi) is 8.32. The molecule has 0 unspecified atom stereocenters. The van der Waals surface area contributed by atoms with Crippen LogP contribution in [0.2, 0.25) is 0 Å². The van der Waals surface area contributed by atoms with Gasteiger partial charge in [-0.25, -0.2) is 17.6 Å². The van der Waals surface area contributed by atoms with Crippen LogP contribution in [0.3, 0.4) is 0 Å². The van der Waals surface area contributed by atoms with Gasteiger partial charge in [0.15, 0.2) is 0 Å². The second-order valence-electron chi connectivity index (χ2n) is 10.9. The van der Waals surface area contributed by atoms with E-state index in [1.54, 1.807) is 45.0 Å². The second kappa shape index (κ2) is 11.4. The molecule has 0 aromatic heterocycles. The summed E-state index contributed by atoms with van der Waals surface area (Å²) in [4.78, 5) is 15.0. The van der Waals surface area contributed by atoms with Crippen molar-refractivity contribution in [3.63, 3.8) is 0 Å². The van der Waals surface area contributed by atoms with Crippen molar-refractivity contribution in [2.24, 2.45) is 0 Å². The van der Waals surface area contributed by atoms with Gasteiger partial charge in [0, 0.05) is 0 Å². The lowest BCUT2D eigenvalue weighted by Gasteiger charge is -2.35. The SMILES string of the molecule is CC(C)(C)OC(=O)N1[C@@H]([C@H](O)c2cccc(F)c2)CC[C@H]1c1cccc(N(Cc2ccccc2)S(C)(=O)=O)c1. The molecule has 1 saturated heterocycles. The van der Waals surface area contributed by atoms with E-state index in [0.29, 0.717) is 29.7 Å². The molecule has 1 aliphatic rings. The molecule has 1 fully saturated rings. The Morgan fingerprint density at radius 3 is 2.38 bits per heavy atom. The molecule has 9 heteroatoms. The van der Waals surface area contributed by atoms with Gasteiger partial charge in [-0.3, -0.25) is 9.21 Å². The van der Waals surface area contributed by atoms with Crippen LogP contribution in [0.4, 0.5) is 14.9 Å². The Bertz CT molecular complexity index is 1410. The fourth-order valence-corrected chi connectivity index (χ4v) is 5.88. The minimum absolute atomic E-state index is 0.157. The summed E-state index contributed by atoms with van der Waals surface area (Å²) in [7, 11) is -3.62. The summed E-state index contributed by atoms with van der Waals surface area (Å²) >= 11 is 0. The summed E-state index contributed by atoms with van der Waals surface area (Å²) in [6.07, 6.45) is 0.395. The molecule has 1 heterocycles. The number of halogens is 1. The molecule has 1 N–H and O–H groups in total. The molecule has 0 aliphatic carbocycles. The second-order valence-corrected chi connectivity index (χ2v) is 12.8. The zero-order chi connectivity index (χ0) is 28.4. The Morgan fingerprint density at radius 2 is 1.74 bits per heavy atom. The van der Waals surface area contributed by atoms with Crippen LogP contribution in [-0.2, 0) is 21.3 Å². The summed E-state index contributed by atoms with van der Waals surface area (Å²) < 4.78 is 46.6. The number of anilines is 1. The highest BCUT2D eigenvalue weighted by molar-refractivity contribution is 7.92. The van der Waals surface area contributed by atoms with Gasteiger partial charge in [0.2, 0.25) is 10.0 Å². The van der Waals surface area contributed by atoms with E-state index < -0.39 is 45.7 Å². The molecule has 1 amide bonds. The molecule has 1 aliphatic heterocycles. The number of carbonyl (C=O) groups is 1. The van der Waals surface area contributed by atoms with Gasteiger partial charge < -0.3 is 9.84 Å². The Labute approximate surface area is 229 Å². The number of rotatable bonds is 7. The van der Waals surface area contributed by atoms with E-state index in [4.69, 9.17) is 4.74 Å². The first-order valence-corrected chi connectivity index (χ1v) is 14.7. The number of ether oxygens (including phenoxy) is 1. The van der Waals surface area contributed by atoms with Gasteiger partial charge in [-0.15, -0.1) is 0 Å². The number of hydrogen-bond donors (Lipinski definition) is 1. The van der Waals surface area contributed by atoms with Crippen molar-refractivity contribution in [1.29, 1.82) is 0 Å². The third-order valence-electron chi connectivity index (χ3n) is 6.70. The molecular weight excluding hydrogens is 519 g/mol. The molecule has 208 valence electrons. The fraction of sp³-hybridized carbons (Fsp3) is 0.367. The molecule has 0 saturated carbocycles. The van der Waals surface area contributed by atoms with Crippen LogP contribution >= 0.6 is 0 Å². The molecule has 0 bridgehead atoms. The molecule has 39 heavy (non-hydrogen) atoms. The monoisotopic (exact) mass is 554 g/mol. The van der Waals surface area contributed by atoms with E-state index in [1.165, 1.54) is 27.4 Å². The molecular formula is C30H35FN2O5S. The molecule has 0 spiro atoms. The quantitative estimate of drug-likeness (QED) is 0.389. The maximum atomic E-state index is 13.9. The predicted octanol–water partition coefficient (Wildman–Crippen LogP) is 5.97.